The van der Waals surface area contributed by atoms with E-state index in [4.69, 9.17) is 4.74 Å². The highest BCUT2D eigenvalue weighted by molar-refractivity contribution is 7.88. The number of piperazine rings is 1. The van der Waals surface area contributed by atoms with Crippen LogP contribution in [-0.2, 0) is 14.8 Å². The van der Waals surface area contributed by atoms with Gasteiger partial charge in [0.25, 0.3) is 5.91 Å². The number of halogens is 1. The third-order valence-electron chi connectivity index (χ3n) is 5.97. The summed E-state index contributed by atoms with van der Waals surface area (Å²) >= 11 is 0. The van der Waals surface area contributed by atoms with E-state index < -0.39 is 10.0 Å². The molecule has 12 heteroatoms. The molecule has 182 valence electrons. The molecule has 0 bridgehead atoms. The van der Waals surface area contributed by atoms with Crippen molar-refractivity contribution in [3.63, 3.8) is 0 Å². The van der Waals surface area contributed by atoms with Crippen LogP contribution in [0.4, 0.5) is 10.2 Å². The van der Waals surface area contributed by atoms with Gasteiger partial charge in [-0.2, -0.15) is 9.40 Å². The molecule has 0 saturated carbocycles. The Kier molecular flexibility index (Phi) is 6.82. The summed E-state index contributed by atoms with van der Waals surface area (Å²) in [5.74, 6) is 0.00111. The third kappa shape index (κ3) is 4.88. The molecular weight excluding hydrogens is 463 g/mol. The van der Waals surface area contributed by atoms with Gasteiger partial charge in [-0.05, 0) is 30.2 Å². The molecule has 1 aromatic carbocycles. The second-order valence-corrected chi connectivity index (χ2v) is 10.2. The highest BCUT2D eigenvalue weighted by Gasteiger charge is 2.29. The molecule has 0 spiro atoms. The van der Waals surface area contributed by atoms with Crippen molar-refractivity contribution in [2.75, 3.05) is 51.5 Å². The first-order chi connectivity index (χ1) is 16.2. The fourth-order valence-electron chi connectivity index (χ4n) is 4.12. The van der Waals surface area contributed by atoms with Gasteiger partial charge in [0, 0.05) is 39.5 Å². The van der Waals surface area contributed by atoms with Crippen LogP contribution in [0.2, 0.25) is 0 Å². The van der Waals surface area contributed by atoms with Crippen molar-refractivity contribution >= 4 is 27.3 Å². The summed E-state index contributed by atoms with van der Waals surface area (Å²) in [7, 11) is -1.70. The summed E-state index contributed by atoms with van der Waals surface area (Å²) in [6.45, 7) is 3.30. The summed E-state index contributed by atoms with van der Waals surface area (Å²) in [5, 5.41) is 7.60. The van der Waals surface area contributed by atoms with E-state index >= 15 is 0 Å². The Hall–Kier alpha value is -3.09. The Balaban J connectivity index is 1.61. The van der Waals surface area contributed by atoms with Crippen molar-refractivity contribution in [3.05, 3.63) is 59.3 Å². The number of nitrogens with zero attached hydrogens (tertiary/aromatic N) is 5. The van der Waals surface area contributed by atoms with Gasteiger partial charge < -0.3 is 15.0 Å². The van der Waals surface area contributed by atoms with Gasteiger partial charge in [-0.15, -0.1) is 0 Å². The molecule has 0 aliphatic carbocycles. The van der Waals surface area contributed by atoms with E-state index in [-0.39, 0.29) is 30.9 Å². The molecule has 1 N–H and O–H groups in total. The number of aromatic nitrogens is 3. The average Bonchev–Trinajstić information content (AvgIpc) is 3.15. The average molecular weight is 491 g/mol. The quantitative estimate of drug-likeness (QED) is 0.537. The molecule has 1 aliphatic rings. The van der Waals surface area contributed by atoms with Gasteiger partial charge in [0.2, 0.25) is 10.0 Å². The Morgan fingerprint density at radius 1 is 1.21 bits per heavy atom. The van der Waals surface area contributed by atoms with Crippen LogP contribution in [-0.4, -0.2) is 84.3 Å². The smallest absolute Gasteiger partial charge is 0.255 e. The maximum Gasteiger partial charge on any atom is 0.255 e. The van der Waals surface area contributed by atoms with Crippen LogP contribution in [0.3, 0.4) is 0 Å². The summed E-state index contributed by atoms with van der Waals surface area (Å²) in [6, 6.07) is 5.83. The zero-order chi connectivity index (χ0) is 24.5. The van der Waals surface area contributed by atoms with Crippen molar-refractivity contribution in [2.45, 2.75) is 13.0 Å². The molecule has 4 rings (SSSR count). The first-order valence-corrected chi connectivity index (χ1v) is 12.6. The van der Waals surface area contributed by atoms with Crippen molar-refractivity contribution in [1.82, 2.24) is 23.8 Å². The number of nitrogens with one attached hydrogen (secondary N) is 1. The zero-order valence-corrected chi connectivity index (χ0v) is 20.0. The molecule has 1 aliphatic heterocycles. The molecule has 1 saturated heterocycles. The van der Waals surface area contributed by atoms with Crippen molar-refractivity contribution in [1.29, 1.82) is 0 Å². The Morgan fingerprint density at radius 2 is 1.88 bits per heavy atom. The van der Waals surface area contributed by atoms with Crippen LogP contribution in [0, 0.1) is 12.7 Å². The summed E-state index contributed by atoms with van der Waals surface area (Å²) < 4.78 is 45.2. The normalized spacial score (nSPS) is 16.1. The second-order valence-electron chi connectivity index (χ2n) is 8.23. The van der Waals surface area contributed by atoms with Crippen molar-refractivity contribution < 1.29 is 22.3 Å². The molecular formula is C22H27FN6O4S. The van der Waals surface area contributed by atoms with Gasteiger partial charge in [-0.25, -0.2) is 22.3 Å². The van der Waals surface area contributed by atoms with Gasteiger partial charge in [0.1, 0.15) is 17.7 Å². The minimum absolute atomic E-state index is 0.186. The molecule has 1 atom stereocenters. The second kappa shape index (κ2) is 9.65. The first kappa shape index (κ1) is 24.0. The monoisotopic (exact) mass is 490 g/mol. The standard InChI is InChI=1S/C22H27FN6O4S/c1-15-18(22(30)27-8-10-28(11-9-27)34(3,31)32)12-29-20(15)21(24-14-25-29)26-19(13-33-2)16-4-6-17(23)7-5-16/h4-7,12,14,19H,8-11,13H2,1-3H3,(H,24,25,26). The maximum atomic E-state index is 13.4. The van der Waals surface area contributed by atoms with Crippen LogP contribution in [0.15, 0.2) is 36.8 Å². The van der Waals surface area contributed by atoms with Gasteiger partial charge in [0.15, 0.2) is 5.82 Å². The molecule has 34 heavy (non-hydrogen) atoms. The number of fused-ring (bicyclic) bond motifs is 1. The lowest BCUT2D eigenvalue weighted by molar-refractivity contribution is 0.0697. The number of carbonyl (C=O) groups excluding carboxylic acids is 1. The Bertz CT molecular complexity index is 1290. The number of carbonyl (C=O) groups is 1. The predicted octanol–water partition coefficient (Wildman–Crippen LogP) is 1.69. The number of benzene rings is 1. The number of ether oxygens (including phenoxy) is 1. The molecule has 1 amide bonds. The van der Waals surface area contributed by atoms with Gasteiger partial charge in [-0.1, -0.05) is 12.1 Å². The van der Waals surface area contributed by atoms with Crippen molar-refractivity contribution in [3.8, 4) is 0 Å². The van der Waals surface area contributed by atoms with E-state index in [0.29, 0.717) is 42.2 Å². The van der Waals surface area contributed by atoms with Crippen molar-refractivity contribution in [2.24, 2.45) is 0 Å². The lowest BCUT2D eigenvalue weighted by atomic mass is 10.1. The first-order valence-electron chi connectivity index (χ1n) is 10.8. The number of hydrogen-bond donors (Lipinski definition) is 1. The topological polar surface area (TPSA) is 109 Å². The number of sulfonamides is 1. The molecule has 0 radical (unpaired) electrons. The van der Waals surface area contributed by atoms with Crippen LogP contribution in [0.25, 0.3) is 5.52 Å². The molecule has 10 nitrogen and oxygen atoms in total. The zero-order valence-electron chi connectivity index (χ0n) is 19.2. The van der Waals surface area contributed by atoms with Gasteiger partial charge >= 0.3 is 0 Å². The lowest BCUT2D eigenvalue weighted by Gasteiger charge is -2.33. The third-order valence-corrected chi connectivity index (χ3v) is 7.27. The summed E-state index contributed by atoms with van der Waals surface area (Å²) in [4.78, 5) is 19.3. The number of hydrogen-bond acceptors (Lipinski definition) is 7. The largest absolute Gasteiger partial charge is 0.382 e. The molecule has 3 heterocycles. The van der Waals surface area contributed by atoms with Crippen LogP contribution >= 0.6 is 0 Å². The highest BCUT2D eigenvalue weighted by atomic mass is 32.2. The predicted molar refractivity (Wildman–Crippen MR) is 125 cm³/mol. The number of aryl methyl sites for hydroxylation is 1. The fraction of sp³-hybridized carbons (Fsp3) is 0.409. The Labute approximate surface area is 197 Å². The van der Waals surface area contributed by atoms with Crippen LogP contribution in [0.5, 0.6) is 0 Å². The molecule has 3 aromatic rings. The van der Waals surface area contributed by atoms with Crippen LogP contribution < -0.4 is 5.32 Å². The van der Waals surface area contributed by atoms with E-state index in [9.17, 15) is 17.6 Å². The maximum absolute atomic E-state index is 13.4. The Morgan fingerprint density at radius 3 is 2.50 bits per heavy atom. The molecule has 1 unspecified atom stereocenters. The summed E-state index contributed by atoms with van der Waals surface area (Å²) in [5.41, 5.74) is 2.64. The summed E-state index contributed by atoms with van der Waals surface area (Å²) in [6.07, 6.45) is 4.22. The fourth-order valence-corrected chi connectivity index (χ4v) is 4.95. The van der Waals surface area contributed by atoms with E-state index in [1.54, 1.807) is 34.9 Å². The van der Waals surface area contributed by atoms with Gasteiger partial charge in [-0.3, -0.25) is 4.79 Å². The minimum Gasteiger partial charge on any atom is -0.382 e. The van der Waals surface area contributed by atoms with E-state index in [1.165, 1.54) is 29.0 Å². The van der Waals surface area contributed by atoms with Crippen LogP contribution in [0.1, 0.15) is 27.5 Å². The number of rotatable bonds is 7. The van der Waals surface area contributed by atoms with E-state index in [2.05, 4.69) is 15.4 Å². The molecule has 2 aromatic heterocycles. The highest BCUT2D eigenvalue weighted by Crippen LogP contribution is 2.27. The van der Waals surface area contributed by atoms with Gasteiger partial charge in [0.05, 0.1) is 24.5 Å². The van der Waals surface area contributed by atoms with E-state index in [0.717, 1.165) is 5.56 Å². The lowest BCUT2D eigenvalue weighted by Crippen LogP contribution is -2.50. The number of anilines is 1. The number of methoxy groups -OCH3 is 1. The molecule has 1 fully saturated rings. The SMILES string of the molecule is COCC(Nc1ncnn2cc(C(=O)N3CCN(S(C)(=O)=O)CC3)c(C)c12)c1ccc(F)cc1. The number of amides is 1. The minimum atomic E-state index is -3.28. The van der Waals surface area contributed by atoms with E-state index in [1.807, 2.05) is 6.92 Å².